The summed E-state index contributed by atoms with van der Waals surface area (Å²) in [7, 11) is 3.54. The van der Waals surface area contributed by atoms with E-state index in [9.17, 15) is 9.59 Å². The lowest BCUT2D eigenvalue weighted by Crippen LogP contribution is -2.41. The number of esters is 1. The Morgan fingerprint density at radius 1 is 1.29 bits per heavy atom. The lowest BCUT2D eigenvalue weighted by molar-refractivity contribution is -0.137. The van der Waals surface area contributed by atoms with Crippen molar-refractivity contribution in [2.24, 2.45) is 5.92 Å². The second kappa shape index (κ2) is 7.74. The normalized spacial score (nSPS) is 26.9. The molecule has 0 atom stereocenters. The van der Waals surface area contributed by atoms with Gasteiger partial charge in [0.25, 0.3) is 0 Å². The summed E-state index contributed by atoms with van der Waals surface area (Å²) < 4.78 is 11.4. The molecule has 152 valence electrons. The Morgan fingerprint density at radius 2 is 2.00 bits per heavy atom. The third-order valence-corrected chi connectivity index (χ3v) is 6.68. The van der Waals surface area contributed by atoms with Gasteiger partial charge >= 0.3 is 5.97 Å². The van der Waals surface area contributed by atoms with Gasteiger partial charge in [-0.1, -0.05) is 6.07 Å². The fraction of sp³-hybridized carbons (Fsp3) is 0.636. The molecule has 0 unspecified atom stereocenters. The van der Waals surface area contributed by atoms with E-state index in [4.69, 9.17) is 9.47 Å². The number of nitrogens with zero attached hydrogens (tertiary/aromatic N) is 2. The Hall–Kier alpha value is -2.08. The van der Waals surface area contributed by atoms with Crippen molar-refractivity contribution >= 4 is 11.9 Å². The molecule has 28 heavy (non-hydrogen) atoms. The maximum Gasteiger partial charge on any atom is 0.339 e. The number of hydrogen-bond acceptors (Lipinski definition) is 5. The molecule has 3 aliphatic rings. The van der Waals surface area contributed by atoms with Crippen molar-refractivity contribution < 1.29 is 19.1 Å². The van der Waals surface area contributed by atoms with Gasteiger partial charge < -0.3 is 19.3 Å². The summed E-state index contributed by atoms with van der Waals surface area (Å²) in [5.41, 5.74) is 0.840. The van der Waals surface area contributed by atoms with E-state index in [1.807, 2.05) is 24.1 Å². The largest absolute Gasteiger partial charge is 0.496 e. The van der Waals surface area contributed by atoms with Gasteiger partial charge in [0.15, 0.2) is 0 Å². The van der Waals surface area contributed by atoms with Crippen LogP contribution in [0.4, 0.5) is 0 Å². The lowest BCUT2D eigenvalue weighted by Gasteiger charge is -2.37. The fourth-order valence-corrected chi connectivity index (χ4v) is 5.03. The Balaban J connectivity index is 1.40. The van der Waals surface area contributed by atoms with Gasteiger partial charge in [0.1, 0.15) is 11.4 Å². The van der Waals surface area contributed by atoms with E-state index in [2.05, 4.69) is 4.90 Å². The van der Waals surface area contributed by atoms with E-state index in [1.54, 1.807) is 13.2 Å². The van der Waals surface area contributed by atoms with Crippen LogP contribution in [0.1, 0.15) is 54.4 Å². The second-order valence-electron chi connectivity index (χ2n) is 8.35. The van der Waals surface area contributed by atoms with Crippen molar-refractivity contribution in [2.75, 3.05) is 40.3 Å². The minimum Gasteiger partial charge on any atom is -0.496 e. The van der Waals surface area contributed by atoms with Crippen LogP contribution in [0.3, 0.4) is 0 Å². The third kappa shape index (κ3) is 3.39. The summed E-state index contributed by atoms with van der Waals surface area (Å²) >= 11 is 0. The number of carbonyl (C=O) groups excluding carboxylic acids is 2. The second-order valence-corrected chi connectivity index (χ2v) is 8.35. The van der Waals surface area contributed by atoms with E-state index >= 15 is 0 Å². The van der Waals surface area contributed by atoms with Crippen LogP contribution in [0, 0.1) is 5.92 Å². The fourth-order valence-electron chi connectivity index (χ4n) is 5.03. The van der Waals surface area contributed by atoms with E-state index in [0.29, 0.717) is 24.2 Å². The van der Waals surface area contributed by atoms with Crippen molar-refractivity contribution in [1.82, 2.24) is 9.80 Å². The number of likely N-dealkylation sites (tertiary alicyclic amines) is 1. The highest BCUT2D eigenvalue weighted by Gasteiger charge is 2.50. The van der Waals surface area contributed by atoms with Gasteiger partial charge in [0.05, 0.1) is 18.2 Å². The standard InChI is InChI=1S/C22H30N2O4/c1-23(14-15-24-12-3-4-13-24)20(25)16-8-10-22(11-9-16)19-17(21(26)28-22)6-5-7-18(19)27-2/h5-7,16H,3-4,8-15H2,1-2H3/t16-,22+. The van der Waals surface area contributed by atoms with Crippen LogP contribution in [-0.2, 0) is 15.1 Å². The summed E-state index contributed by atoms with van der Waals surface area (Å²) in [6.07, 6.45) is 5.35. The molecular formula is C22H30N2O4. The number of carbonyl (C=O) groups is 2. The van der Waals surface area contributed by atoms with Crippen LogP contribution in [-0.4, -0.2) is 62.0 Å². The molecule has 1 aromatic rings. The Kier molecular flexibility index (Phi) is 5.32. The Morgan fingerprint density at radius 3 is 2.68 bits per heavy atom. The Labute approximate surface area is 166 Å². The summed E-state index contributed by atoms with van der Waals surface area (Å²) in [6, 6.07) is 5.51. The molecule has 0 aromatic heterocycles. The van der Waals surface area contributed by atoms with Crippen molar-refractivity contribution in [2.45, 2.75) is 44.1 Å². The number of methoxy groups -OCH3 is 1. The lowest BCUT2D eigenvalue weighted by atomic mass is 9.74. The monoisotopic (exact) mass is 386 g/mol. The smallest absolute Gasteiger partial charge is 0.339 e. The first kappa shape index (κ1) is 19.2. The van der Waals surface area contributed by atoms with Crippen LogP contribution >= 0.6 is 0 Å². The molecule has 0 radical (unpaired) electrons. The first-order valence-corrected chi connectivity index (χ1v) is 10.4. The van der Waals surface area contributed by atoms with Gasteiger partial charge in [0.2, 0.25) is 5.91 Å². The number of hydrogen-bond donors (Lipinski definition) is 0. The number of benzene rings is 1. The van der Waals surface area contributed by atoms with Crippen molar-refractivity contribution in [3.63, 3.8) is 0 Å². The minimum absolute atomic E-state index is 0.00617. The highest BCUT2D eigenvalue weighted by Crippen LogP contribution is 2.51. The molecule has 6 heteroatoms. The molecule has 1 amide bonds. The predicted molar refractivity (Wildman–Crippen MR) is 105 cm³/mol. The molecule has 0 bridgehead atoms. The quantitative estimate of drug-likeness (QED) is 0.729. The zero-order chi connectivity index (χ0) is 19.7. The molecule has 1 spiro atoms. The summed E-state index contributed by atoms with van der Waals surface area (Å²) in [6.45, 7) is 4.05. The molecule has 2 heterocycles. The van der Waals surface area contributed by atoms with Crippen molar-refractivity contribution in [3.05, 3.63) is 29.3 Å². The van der Waals surface area contributed by atoms with E-state index in [-0.39, 0.29) is 17.8 Å². The molecule has 1 aliphatic carbocycles. The van der Waals surface area contributed by atoms with Gasteiger partial charge in [-0.05, 0) is 63.7 Å². The third-order valence-electron chi connectivity index (χ3n) is 6.68. The SMILES string of the molecule is COc1cccc2c1[C@]1(CC[C@H](C(=O)N(C)CCN3CCCC3)CC1)OC2=O. The maximum atomic E-state index is 12.9. The first-order chi connectivity index (χ1) is 13.5. The average molecular weight is 386 g/mol. The molecular weight excluding hydrogens is 356 g/mol. The van der Waals surface area contributed by atoms with Gasteiger partial charge in [-0.3, -0.25) is 4.79 Å². The van der Waals surface area contributed by atoms with Gasteiger partial charge in [-0.15, -0.1) is 0 Å². The molecule has 1 saturated heterocycles. The van der Waals surface area contributed by atoms with Gasteiger partial charge in [-0.25, -0.2) is 4.79 Å². The number of likely N-dealkylation sites (N-methyl/N-ethyl adjacent to an activating group) is 1. The van der Waals surface area contributed by atoms with Crippen molar-refractivity contribution in [3.8, 4) is 5.75 Å². The first-order valence-electron chi connectivity index (χ1n) is 10.4. The summed E-state index contributed by atoms with van der Waals surface area (Å²) in [5.74, 6) is 0.655. The average Bonchev–Trinajstić information content (AvgIpc) is 3.33. The van der Waals surface area contributed by atoms with Gasteiger partial charge in [0, 0.05) is 26.1 Å². The highest BCUT2D eigenvalue weighted by molar-refractivity contribution is 5.96. The van der Waals surface area contributed by atoms with E-state index in [0.717, 1.165) is 44.6 Å². The molecule has 1 aromatic carbocycles. The minimum atomic E-state index is -0.635. The molecule has 2 aliphatic heterocycles. The van der Waals surface area contributed by atoms with E-state index in [1.165, 1.54) is 12.8 Å². The maximum absolute atomic E-state index is 12.9. The Bertz CT molecular complexity index is 749. The topological polar surface area (TPSA) is 59.1 Å². The highest BCUT2D eigenvalue weighted by atomic mass is 16.6. The van der Waals surface area contributed by atoms with Crippen molar-refractivity contribution in [1.29, 1.82) is 0 Å². The molecule has 6 nitrogen and oxygen atoms in total. The number of ether oxygens (including phenoxy) is 2. The summed E-state index contributed by atoms with van der Waals surface area (Å²) in [5, 5.41) is 0. The summed E-state index contributed by atoms with van der Waals surface area (Å²) in [4.78, 5) is 29.6. The zero-order valence-electron chi connectivity index (χ0n) is 16.9. The molecule has 0 N–H and O–H groups in total. The van der Waals surface area contributed by atoms with Crippen LogP contribution in [0.15, 0.2) is 18.2 Å². The predicted octanol–water partition coefficient (Wildman–Crippen LogP) is 2.81. The van der Waals surface area contributed by atoms with Crippen LogP contribution in [0.2, 0.25) is 0 Å². The van der Waals surface area contributed by atoms with E-state index < -0.39 is 5.60 Å². The molecule has 1 saturated carbocycles. The van der Waals surface area contributed by atoms with Crippen LogP contribution in [0.25, 0.3) is 0 Å². The molecule has 4 rings (SSSR count). The van der Waals surface area contributed by atoms with Gasteiger partial charge in [-0.2, -0.15) is 0 Å². The number of rotatable bonds is 5. The van der Waals surface area contributed by atoms with Crippen LogP contribution < -0.4 is 4.74 Å². The molecule has 2 fully saturated rings. The van der Waals surface area contributed by atoms with Crippen LogP contribution in [0.5, 0.6) is 5.75 Å². The zero-order valence-corrected chi connectivity index (χ0v) is 16.9. The number of fused-ring (bicyclic) bond motifs is 2. The number of amides is 1.